The molecule has 0 saturated heterocycles. The number of benzene rings is 1. The molecule has 0 aliphatic heterocycles. The Morgan fingerprint density at radius 1 is 0.941 bits per heavy atom. The quantitative estimate of drug-likeness (QED) is 0.178. The van der Waals surface area contributed by atoms with Crippen LogP contribution in [0.3, 0.4) is 0 Å². The molecular weight excluding hydrogens is 476 g/mol. The van der Waals surface area contributed by atoms with Crippen molar-refractivity contribution in [1.82, 2.24) is 30.6 Å². The van der Waals surface area contributed by atoms with Crippen LogP contribution in [0.25, 0.3) is 11.4 Å². The smallest absolute Gasteiger partial charge is 0.271 e. The lowest BCUT2D eigenvalue weighted by molar-refractivity contribution is -0.118. The first kappa shape index (κ1) is 25.2. The molecule has 0 aliphatic rings. The summed E-state index contributed by atoms with van der Waals surface area (Å²) in [6.07, 6.45) is 3.24. The van der Waals surface area contributed by atoms with Gasteiger partial charge < -0.3 is 21.3 Å². The highest BCUT2D eigenvalue weighted by Gasteiger charge is 2.14. The van der Waals surface area contributed by atoms with Crippen molar-refractivity contribution >= 4 is 46.8 Å². The fourth-order valence-electron chi connectivity index (χ4n) is 2.83. The summed E-state index contributed by atoms with van der Waals surface area (Å²) in [6, 6.07) is 11.4. The Morgan fingerprint density at radius 3 is 2.21 bits per heavy atom. The Morgan fingerprint density at radius 2 is 1.59 bits per heavy atom. The SMILES string of the molecule is CSc1ncc(Cl)c(C(=O)NCCNc2cc(NCCNC(C)=O)nc(-c3ccccc3)n2)n1. The van der Waals surface area contributed by atoms with Crippen LogP contribution < -0.4 is 21.3 Å². The number of amides is 2. The molecule has 2 aromatic heterocycles. The Balaban J connectivity index is 1.63. The van der Waals surface area contributed by atoms with E-state index in [1.165, 1.54) is 24.9 Å². The number of hydrogen-bond donors (Lipinski definition) is 4. The van der Waals surface area contributed by atoms with E-state index < -0.39 is 0 Å². The minimum Gasteiger partial charge on any atom is -0.368 e. The van der Waals surface area contributed by atoms with Gasteiger partial charge in [-0.2, -0.15) is 0 Å². The monoisotopic (exact) mass is 500 g/mol. The first-order valence-electron chi connectivity index (χ1n) is 10.5. The van der Waals surface area contributed by atoms with Crippen LogP contribution in [0.1, 0.15) is 17.4 Å². The minimum absolute atomic E-state index is 0.0909. The summed E-state index contributed by atoms with van der Waals surface area (Å²) >= 11 is 7.39. The molecule has 0 fully saturated rings. The van der Waals surface area contributed by atoms with Crippen molar-refractivity contribution < 1.29 is 9.59 Å². The minimum atomic E-state index is -0.377. The van der Waals surface area contributed by atoms with E-state index >= 15 is 0 Å². The fourth-order valence-corrected chi connectivity index (χ4v) is 3.35. The second kappa shape index (κ2) is 12.7. The van der Waals surface area contributed by atoms with Gasteiger partial charge >= 0.3 is 0 Å². The molecule has 10 nitrogen and oxygen atoms in total. The van der Waals surface area contributed by atoms with E-state index in [-0.39, 0.29) is 22.5 Å². The van der Waals surface area contributed by atoms with Gasteiger partial charge in [0.15, 0.2) is 16.7 Å². The summed E-state index contributed by atoms with van der Waals surface area (Å²) < 4.78 is 0. The van der Waals surface area contributed by atoms with Crippen LogP contribution in [0.15, 0.2) is 47.8 Å². The lowest BCUT2D eigenvalue weighted by Crippen LogP contribution is -2.30. The molecule has 3 aromatic rings. The van der Waals surface area contributed by atoms with Gasteiger partial charge in [-0.05, 0) is 6.26 Å². The van der Waals surface area contributed by atoms with Gasteiger partial charge in [-0.15, -0.1) is 0 Å². The first-order valence-corrected chi connectivity index (χ1v) is 12.1. The van der Waals surface area contributed by atoms with Crippen LogP contribution in [-0.4, -0.2) is 64.2 Å². The predicted molar refractivity (Wildman–Crippen MR) is 134 cm³/mol. The number of anilines is 2. The average molecular weight is 501 g/mol. The maximum absolute atomic E-state index is 12.4. The maximum atomic E-state index is 12.4. The summed E-state index contributed by atoms with van der Waals surface area (Å²) in [5.74, 6) is 1.29. The molecular formula is C22H25ClN8O2S. The third-order valence-corrected chi connectivity index (χ3v) is 5.24. The van der Waals surface area contributed by atoms with E-state index in [0.717, 1.165) is 5.56 Å². The molecule has 0 aliphatic carbocycles. The third kappa shape index (κ3) is 7.56. The zero-order chi connectivity index (χ0) is 24.3. The lowest BCUT2D eigenvalue weighted by atomic mass is 10.2. The molecule has 3 rings (SSSR count). The van der Waals surface area contributed by atoms with Crippen LogP contribution >= 0.6 is 23.4 Å². The zero-order valence-corrected chi connectivity index (χ0v) is 20.3. The van der Waals surface area contributed by atoms with Crippen molar-refractivity contribution in [2.45, 2.75) is 12.1 Å². The van der Waals surface area contributed by atoms with Gasteiger partial charge in [-0.3, -0.25) is 9.59 Å². The maximum Gasteiger partial charge on any atom is 0.271 e. The lowest BCUT2D eigenvalue weighted by Gasteiger charge is -2.12. The highest BCUT2D eigenvalue weighted by molar-refractivity contribution is 7.98. The summed E-state index contributed by atoms with van der Waals surface area (Å²) in [7, 11) is 0. The number of aromatic nitrogens is 4. The molecule has 34 heavy (non-hydrogen) atoms. The van der Waals surface area contributed by atoms with Gasteiger partial charge in [0, 0.05) is 44.7 Å². The summed E-state index contributed by atoms with van der Waals surface area (Å²) in [4.78, 5) is 40.9. The zero-order valence-electron chi connectivity index (χ0n) is 18.8. The summed E-state index contributed by atoms with van der Waals surface area (Å²) in [6.45, 7) is 3.19. The van der Waals surface area contributed by atoms with Crippen molar-refractivity contribution in [1.29, 1.82) is 0 Å². The Labute approximate surface area is 206 Å². The molecule has 2 heterocycles. The topological polar surface area (TPSA) is 134 Å². The Hall–Kier alpha value is -3.44. The molecule has 0 atom stereocenters. The van der Waals surface area contributed by atoms with E-state index in [1.807, 2.05) is 36.6 Å². The molecule has 0 bridgehead atoms. The van der Waals surface area contributed by atoms with Crippen LogP contribution in [-0.2, 0) is 4.79 Å². The van der Waals surface area contributed by atoms with Gasteiger partial charge in [0.2, 0.25) is 5.91 Å². The third-order valence-electron chi connectivity index (χ3n) is 4.40. The molecule has 0 saturated carbocycles. The number of rotatable bonds is 11. The average Bonchev–Trinajstić information content (AvgIpc) is 2.85. The number of thioether (sulfide) groups is 1. The van der Waals surface area contributed by atoms with Crippen LogP contribution in [0, 0.1) is 0 Å². The van der Waals surface area contributed by atoms with Crippen molar-refractivity contribution in [2.24, 2.45) is 0 Å². The molecule has 12 heteroatoms. The van der Waals surface area contributed by atoms with Crippen molar-refractivity contribution in [3.63, 3.8) is 0 Å². The van der Waals surface area contributed by atoms with E-state index in [0.29, 0.717) is 48.8 Å². The van der Waals surface area contributed by atoms with Gasteiger partial charge in [-0.1, -0.05) is 53.7 Å². The van der Waals surface area contributed by atoms with Gasteiger partial charge in [-0.25, -0.2) is 19.9 Å². The molecule has 2 amide bonds. The number of nitrogens with zero attached hydrogens (tertiary/aromatic N) is 4. The highest BCUT2D eigenvalue weighted by Crippen LogP contribution is 2.20. The van der Waals surface area contributed by atoms with E-state index in [4.69, 9.17) is 11.6 Å². The number of halogens is 1. The number of hydrogen-bond acceptors (Lipinski definition) is 9. The predicted octanol–water partition coefficient (Wildman–Crippen LogP) is 2.70. The normalized spacial score (nSPS) is 10.4. The van der Waals surface area contributed by atoms with Crippen LogP contribution in [0.2, 0.25) is 5.02 Å². The molecule has 0 unspecified atom stereocenters. The standard InChI is InChI=1S/C22H25ClN8O2S/c1-14(32)24-8-9-25-17-12-18(30-20(29-17)15-6-4-3-5-7-15)26-10-11-27-21(33)19-16(23)13-28-22(31-19)34-2/h3-7,12-13H,8-11H2,1-2H3,(H,24,32)(H,27,33)(H2,25,26,29,30). The number of nitrogens with one attached hydrogen (secondary N) is 4. The molecule has 178 valence electrons. The molecule has 1 aromatic carbocycles. The van der Waals surface area contributed by atoms with Crippen LogP contribution in [0.5, 0.6) is 0 Å². The Bertz CT molecular complexity index is 1130. The first-order chi connectivity index (χ1) is 16.5. The highest BCUT2D eigenvalue weighted by atomic mass is 35.5. The van der Waals surface area contributed by atoms with E-state index in [1.54, 1.807) is 6.07 Å². The van der Waals surface area contributed by atoms with Crippen molar-refractivity contribution in [2.75, 3.05) is 43.1 Å². The largest absolute Gasteiger partial charge is 0.368 e. The van der Waals surface area contributed by atoms with Crippen molar-refractivity contribution in [3.8, 4) is 11.4 Å². The van der Waals surface area contributed by atoms with E-state index in [9.17, 15) is 9.59 Å². The molecule has 0 radical (unpaired) electrons. The van der Waals surface area contributed by atoms with Gasteiger partial charge in [0.25, 0.3) is 5.91 Å². The van der Waals surface area contributed by atoms with Crippen molar-refractivity contribution in [3.05, 3.63) is 53.3 Å². The Kier molecular flexibility index (Phi) is 9.41. The van der Waals surface area contributed by atoms with Crippen LogP contribution in [0.4, 0.5) is 11.6 Å². The second-order valence-electron chi connectivity index (χ2n) is 6.97. The fraction of sp³-hybridized carbons (Fsp3) is 0.273. The molecule has 0 spiro atoms. The number of carbonyl (C=O) groups excluding carboxylic acids is 2. The van der Waals surface area contributed by atoms with E-state index in [2.05, 4.69) is 41.2 Å². The second-order valence-corrected chi connectivity index (χ2v) is 8.15. The number of carbonyl (C=O) groups is 2. The summed E-state index contributed by atoms with van der Waals surface area (Å²) in [5, 5.41) is 12.6. The van der Waals surface area contributed by atoms with Gasteiger partial charge in [0.05, 0.1) is 11.2 Å². The molecule has 4 N–H and O–H groups in total. The van der Waals surface area contributed by atoms with Gasteiger partial charge in [0.1, 0.15) is 11.6 Å². The summed E-state index contributed by atoms with van der Waals surface area (Å²) in [5.41, 5.74) is 1.01.